The number of nitro benzene ring substituents is 1. The minimum absolute atomic E-state index is 0.0186. The fourth-order valence-electron chi connectivity index (χ4n) is 2.43. The van der Waals surface area contributed by atoms with Crippen molar-refractivity contribution in [3.8, 4) is 0 Å². The maximum Gasteiger partial charge on any atom is 0.270 e. The summed E-state index contributed by atoms with van der Waals surface area (Å²) < 4.78 is 1.54. The molecule has 0 fully saturated rings. The Morgan fingerprint density at radius 2 is 2.08 bits per heavy atom. The van der Waals surface area contributed by atoms with Crippen molar-refractivity contribution in [1.29, 1.82) is 0 Å². The molecule has 0 saturated heterocycles. The fraction of sp³-hybridized carbons (Fsp3) is 0.0526. The lowest BCUT2D eigenvalue weighted by Crippen LogP contribution is -2.08. The highest BCUT2D eigenvalue weighted by atomic mass is 32.2. The molecule has 0 radical (unpaired) electrons. The molecule has 7 heteroatoms. The highest BCUT2D eigenvalue weighted by molar-refractivity contribution is 7.99. The quantitative estimate of drug-likeness (QED) is 0.210. The molecule has 0 atom stereocenters. The van der Waals surface area contributed by atoms with E-state index in [0.717, 1.165) is 5.52 Å². The zero-order valence-electron chi connectivity index (χ0n) is 13.7. The summed E-state index contributed by atoms with van der Waals surface area (Å²) >= 11 is 1.42. The van der Waals surface area contributed by atoms with E-state index >= 15 is 0 Å². The summed E-state index contributed by atoms with van der Waals surface area (Å²) in [6, 6.07) is 13.5. The van der Waals surface area contributed by atoms with E-state index in [-0.39, 0.29) is 11.6 Å². The molecule has 0 aliphatic heterocycles. The predicted molar refractivity (Wildman–Crippen MR) is 103 cm³/mol. The topological polar surface area (TPSA) is 78.0 Å². The lowest BCUT2D eigenvalue weighted by atomic mass is 10.2. The molecular formula is C19H15N3O3S. The molecule has 1 aromatic heterocycles. The number of aromatic nitrogens is 2. The van der Waals surface area contributed by atoms with Crippen LogP contribution in [0.3, 0.4) is 0 Å². The summed E-state index contributed by atoms with van der Waals surface area (Å²) in [7, 11) is 0. The summed E-state index contributed by atoms with van der Waals surface area (Å²) in [6.45, 7) is 3.69. The number of nitrogens with zero attached hydrogens (tertiary/aromatic N) is 3. The molecule has 0 bridgehead atoms. The fourth-order valence-corrected chi connectivity index (χ4v) is 3.18. The minimum Gasteiger partial charge on any atom is -0.269 e. The van der Waals surface area contributed by atoms with Gasteiger partial charge in [0.2, 0.25) is 0 Å². The van der Waals surface area contributed by atoms with Crippen LogP contribution in [0.25, 0.3) is 17.1 Å². The number of thioether (sulfide) groups is 1. The number of allylic oxidation sites excluding steroid dienone is 1. The van der Waals surface area contributed by atoms with Gasteiger partial charge in [0, 0.05) is 24.0 Å². The van der Waals surface area contributed by atoms with Crippen molar-refractivity contribution in [3.63, 3.8) is 0 Å². The molecule has 0 amide bonds. The number of hydrogen-bond acceptors (Lipinski definition) is 5. The Morgan fingerprint density at radius 1 is 1.27 bits per heavy atom. The lowest BCUT2D eigenvalue weighted by molar-refractivity contribution is -0.384. The van der Waals surface area contributed by atoms with Gasteiger partial charge in [0.25, 0.3) is 11.6 Å². The first-order valence-corrected chi connectivity index (χ1v) is 8.77. The van der Waals surface area contributed by atoms with Gasteiger partial charge in [-0.3, -0.25) is 19.5 Å². The minimum atomic E-state index is -0.466. The third-order valence-electron chi connectivity index (χ3n) is 3.58. The Balaban J connectivity index is 1.95. The van der Waals surface area contributed by atoms with Gasteiger partial charge in [-0.2, -0.15) is 0 Å². The molecule has 0 aliphatic rings. The maximum atomic E-state index is 12.8. The van der Waals surface area contributed by atoms with Crippen LogP contribution in [0.4, 0.5) is 5.69 Å². The third-order valence-corrected chi connectivity index (χ3v) is 4.51. The number of hydrogen-bond donors (Lipinski definition) is 0. The van der Waals surface area contributed by atoms with E-state index in [4.69, 9.17) is 0 Å². The number of non-ortho nitro benzene ring substituents is 1. The highest BCUT2D eigenvalue weighted by Crippen LogP contribution is 2.24. The average Bonchev–Trinajstić information content (AvgIpc) is 3.03. The zero-order valence-corrected chi connectivity index (χ0v) is 14.6. The Hall–Kier alpha value is -3.19. The normalized spacial score (nSPS) is 11.1. The number of imidazole rings is 1. The monoisotopic (exact) mass is 365 g/mol. The molecule has 3 rings (SSSR count). The lowest BCUT2D eigenvalue weighted by Gasteiger charge is -2.03. The third kappa shape index (κ3) is 3.73. The first-order valence-electron chi connectivity index (χ1n) is 7.78. The molecule has 2 aromatic carbocycles. The van der Waals surface area contributed by atoms with Crippen LogP contribution in [0.1, 0.15) is 10.4 Å². The van der Waals surface area contributed by atoms with Gasteiger partial charge in [-0.1, -0.05) is 42.1 Å². The summed E-state index contributed by atoms with van der Waals surface area (Å²) in [5, 5.41) is 11.4. The molecule has 26 heavy (non-hydrogen) atoms. The van der Waals surface area contributed by atoms with Crippen LogP contribution < -0.4 is 0 Å². The second-order valence-electron chi connectivity index (χ2n) is 5.34. The number of benzene rings is 2. The summed E-state index contributed by atoms with van der Waals surface area (Å²) in [4.78, 5) is 27.7. The van der Waals surface area contributed by atoms with Gasteiger partial charge < -0.3 is 0 Å². The van der Waals surface area contributed by atoms with Crippen LogP contribution in [-0.2, 0) is 0 Å². The molecule has 3 aromatic rings. The van der Waals surface area contributed by atoms with Crippen molar-refractivity contribution in [3.05, 3.63) is 82.9 Å². The van der Waals surface area contributed by atoms with Crippen LogP contribution in [0, 0.1) is 10.1 Å². The first-order chi connectivity index (χ1) is 12.6. The molecular weight excluding hydrogens is 350 g/mol. The van der Waals surface area contributed by atoms with E-state index in [0.29, 0.717) is 22.0 Å². The van der Waals surface area contributed by atoms with Gasteiger partial charge in [0.15, 0.2) is 5.16 Å². The molecule has 0 unspecified atom stereocenters. The van der Waals surface area contributed by atoms with Crippen LogP contribution in [-0.4, -0.2) is 26.1 Å². The average molecular weight is 365 g/mol. The van der Waals surface area contributed by atoms with Crippen LogP contribution in [0.5, 0.6) is 0 Å². The number of rotatable bonds is 6. The molecule has 6 nitrogen and oxygen atoms in total. The molecule has 0 saturated carbocycles. The van der Waals surface area contributed by atoms with Crippen molar-refractivity contribution in [1.82, 2.24) is 9.55 Å². The second kappa shape index (κ2) is 7.79. The summed E-state index contributed by atoms with van der Waals surface area (Å²) in [5.41, 5.74) is 2.01. The van der Waals surface area contributed by atoms with E-state index in [1.165, 1.54) is 34.5 Å². The van der Waals surface area contributed by atoms with Crippen molar-refractivity contribution in [2.24, 2.45) is 0 Å². The van der Waals surface area contributed by atoms with Crippen molar-refractivity contribution < 1.29 is 9.72 Å². The van der Waals surface area contributed by atoms with Gasteiger partial charge in [0.05, 0.1) is 16.0 Å². The summed E-state index contributed by atoms with van der Waals surface area (Å²) in [5.74, 6) is 0.363. The van der Waals surface area contributed by atoms with Crippen LogP contribution >= 0.6 is 11.8 Å². The molecule has 0 N–H and O–H groups in total. The SMILES string of the molecule is C=CCSc1nc2ccccc2n1C(=O)C=Cc1cccc([N+](=O)[O-])c1. The van der Waals surface area contributed by atoms with Crippen molar-refractivity contribution >= 4 is 40.5 Å². The summed E-state index contributed by atoms with van der Waals surface area (Å²) in [6.07, 6.45) is 4.70. The van der Waals surface area contributed by atoms with Gasteiger partial charge in [0.1, 0.15) is 0 Å². The van der Waals surface area contributed by atoms with Crippen molar-refractivity contribution in [2.45, 2.75) is 5.16 Å². The molecule has 130 valence electrons. The number of carbonyl (C=O) groups excluding carboxylic acids is 1. The second-order valence-corrected chi connectivity index (χ2v) is 6.33. The maximum absolute atomic E-state index is 12.8. The number of carbonyl (C=O) groups is 1. The molecule has 1 heterocycles. The largest absolute Gasteiger partial charge is 0.270 e. The van der Waals surface area contributed by atoms with E-state index in [1.54, 1.807) is 24.3 Å². The number of fused-ring (bicyclic) bond motifs is 1. The van der Waals surface area contributed by atoms with E-state index in [9.17, 15) is 14.9 Å². The Bertz CT molecular complexity index is 1020. The Morgan fingerprint density at radius 3 is 2.85 bits per heavy atom. The highest BCUT2D eigenvalue weighted by Gasteiger charge is 2.15. The van der Waals surface area contributed by atoms with E-state index < -0.39 is 4.92 Å². The zero-order chi connectivity index (χ0) is 18.5. The van der Waals surface area contributed by atoms with E-state index in [1.807, 2.05) is 24.3 Å². The van der Waals surface area contributed by atoms with Crippen molar-refractivity contribution in [2.75, 3.05) is 5.75 Å². The number of nitro groups is 1. The van der Waals surface area contributed by atoms with Gasteiger partial charge in [-0.05, 0) is 23.8 Å². The van der Waals surface area contributed by atoms with Gasteiger partial charge in [-0.15, -0.1) is 6.58 Å². The van der Waals surface area contributed by atoms with E-state index in [2.05, 4.69) is 11.6 Å². The van der Waals surface area contributed by atoms with Gasteiger partial charge >= 0.3 is 0 Å². The first kappa shape index (κ1) is 17.6. The van der Waals surface area contributed by atoms with Crippen LogP contribution in [0.2, 0.25) is 0 Å². The predicted octanol–water partition coefficient (Wildman–Crippen LogP) is 4.58. The van der Waals surface area contributed by atoms with Gasteiger partial charge in [-0.25, -0.2) is 4.98 Å². The number of para-hydroxylation sites is 2. The Kier molecular flexibility index (Phi) is 5.28. The molecule has 0 spiro atoms. The smallest absolute Gasteiger partial charge is 0.269 e. The molecule has 0 aliphatic carbocycles. The van der Waals surface area contributed by atoms with Crippen LogP contribution in [0.15, 0.2) is 72.4 Å². The standard InChI is InChI=1S/C19H15N3O3S/c1-2-12-26-19-20-16-8-3-4-9-17(16)21(19)18(23)11-10-14-6-5-7-15(13-14)22(24)25/h2-11,13H,1,12H2. The Labute approximate surface area is 154 Å².